The van der Waals surface area contributed by atoms with Crippen molar-refractivity contribution in [1.29, 1.82) is 0 Å². The monoisotopic (exact) mass is 296 g/mol. The maximum absolute atomic E-state index is 14.2. The number of rotatable bonds is 3. The number of aryl methyl sites for hydroxylation is 2. The van der Waals surface area contributed by atoms with Crippen LogP contribution in [0.1, 0.15) is 28.3 Å². The highest BCUT2D eigenvalue weighted by Crippen LogP contribution is 2.30. The van der Waals surface area contributed by atoms with Crippen LogP contribution in [0.5, 0.6) is 0 Å². The van der Waals surface area contributed by atoms with Crippen molar-refractivity contribution in [2.75, 3.05) is 0 Å². The SMILES string of the molecule is Cc1ccc(C(NN)c2c(F)ccc(C)c2F)cc1Cl. The molecule has 0 saturated heterocycles. The predicted molar refractivity (Wildman–Crippen MR) is 76.5 cm³/mol. The van der Waals surface area contributed by atoms with E-state index in [1.807, 2.05) is 6.92 Å². The van der Waals surface area contributed by atoms with E-state index in [1.54, 1.807) is 25.1 Å². The van der Waals surface area contributed by atoms with Gasteiger partial charge in [-0.3, -0.25) is 5.84 Å². The first-order valence-corrected chi connectivity index (χ1v) is 6.50. The van der Waals surface area contributed by atoms with Crippen LogP contribution in [0.2, 0.25) is 5.02 Å². The lowest BCUT2D eigenvalue weighted by atomic mass is 9.96. The average Bonchev–Trinajstić information content (AvgIpc) is 2.42. The molecule has 5 heteroatoms. The van der Waals surface area contributed by atoms with E-state index in [0.717, 1.165) is 5.56 Å². The summed E-state index contributed by atoms with van der Waals surface area (Å²) in [4.78, 5) is 0. The molecule has 0 aromatic heterocycles. The van der Waals surface area contributed by atoms with Crippen LogP contribution in [0, 0.1) is 25.5 Å². The number of benzene rings is 2. The summed E-state index contributed by atoms with van der Waals surface area (Å²) in [6, 6.07) is 7.01. The second-order valence-corrected chi connectivity index (χ2v) is 5.11. The second kappa shape index (κ2) is 5.87. The van der Waals surface area contributed by atoms with Crippen molar-refractivity contribution in [3.05, 3.63) is 69.2 Å². The summed E-state index contributed by atoms with van der Waals surface area (Å²) in [6.07, 6.45) is 0. The molecule has 1 unspecified atom stereocenters. The average molecular weight is 297 g/mol. The lowest BCUT2D eigenvalue weighted by Crippen LogP contribution is -2.30. The van der Waals surface area contributed by atoms with E-state index in [1.165, 1.54) is 12.1 Å². The molecule has 0 aliphatic heterocycles. The van der Waals surface area contributed by atoms with Crippen LogP contribution in [-0.4, -0.2) is 0 Å². The molecule has 2 aromatic rings. The second-order valence-electron chi connectivity index (χ2n) is 4.70. The van der Waals surface area contributed by atoms with Gasteiger partial charge in [0.2, 0.25) is 0 Å². The maximum Gasteiger partial charge on any atom is 0.134 e. The Labute approximate surface area is 121 Å². The minimum absolute atomic E-state index is 0.104. The zero-order chi connectivity index (χ0) is 14.9. The van der Waals surface area contributed by atoms with Crippen molar-refractivity contribution in [3.63, 3.8) is 0 Å². The maximum atomic E-state index is 14.2. The molecule has 0 radical (unpaired) electrons. The van der Waals surface area contributed by atoms with Crippen LogP contribution in [0.25, 0.3) is 0 Å². The van der Waals surface area contributed by atoms with Crippen molar-refractivity contribution < 1.29 is 8.78 Å². The Kier molecular flexibility index (Phi) is 4.38. The summed E-state index contributed by atoms with van der Waals surface area (Å²) in [6.45, 7) is 3.43. The minimum Gasteiger partial charge on any atom is -0.271 e. The van der Waals surface area contributed by atoms with Gasteiger partial charge in [0, 0.05) is 10.6 Å². The van der Waals surface area contributed by atoms with Crippen molar-refractivity contribution in [2.24, 2.45) is 5.84 Å². The Balaban J connectivity index is 2.58. The molecule has 1 atom stereocenters. The number of nitrogens with one attached hydrogen (secondary N) is 1. The first-order chi connectivity index (χ1) is 9.45. The van der Waals surface area contributed by atoms with Gasteiger partial charge in [-0.15, -0.1) is 0 Å². The lowest BCUT2D eigenvalue weighted by Gasteiger charge is -2.19. The van der Waals surface area contributed by atoms with E-state index in [4.69, 9.17) is 17.4 Å². The van der Waals surface area contributed by atoms with Crippen molar-refractivity contribution in [3.8, 4) is 0 Å². The van der Waals surface area contributed by atoms with Crippen LogP contribution >= 0.6 is 11.6 Å². The van der Waals surface area contributed by atoms with E-state index in [2.05, 4.69) is 5.43 Å². The molecule has 0 heterocycles. The normalized spacial score (nSPS) is 12.5. The number of hydrogen-bond donors (Lipinski definition) is 2. The molecule has 0 fully saturated rings. The van der Waals surface area contributed by atoms with Crippen molar-refractivity contribution >= 4 is 11.6 Å². The van der Waals surface area contributed by atoms with Crippen molar-refractivity contribution in [2.45, 2.75) is 19.9 Å². The van der Waals surface area contributed by atoms with E-state index in [-0.39, 0.29) is 5.56 Å². The summed E-state index contributed by atoms with van der Waals surface area (Å²) in [5, 5.41) is 0.524. The molecule has 0 aliphatic carbocycles. The summed E-state index contributed by atoms with van der Waals surface area (Å²) >= 11 is 6.06. The molecule has 0 saturated carbocycles. The van der Waals surface area contributed by atoms with Gasteiger partial charge in [0.25, 0.3) is 0 Å². The number of nitrogens with two attached hydrogens (primary N) is 1. The van der Waals surface area contributed by atoms with Gasteiger partial charge in [0.05, 0.1) is 6.04 Å². The topological polar surface area (TPSA) is 38.0 Å². The van der Waals surface area contributed by atoms with E-state index < -0.39 is 17.7 Å². The molecule has 106 valence electrons. The Morgan fingerprint density at radius 3 is 2.35 bits per heavy atom. The number of hydrogen-bond acceptors (Lipinski definition) is 2. The highest BCUT2D eigenvalue weighted by molar-refractivity contribution is 6.31. The quantitative estimate of drug-likeness (QED) is 0.668. The van der Waals surface area contributed by atoms with Gasteiger partial charge < -0.3 is 0 Å². The van der Waals surface area contributed by atoms with Gasteiger partial charge >= 0.3 is 0 Å². The Bertz CT molecular complexity index is 644. The molecule has 2 nitrogen and oxygen atoms in total. The molecule has 0 amide bonds. The van der Waals surface area contributed by atoms with E-state index >= 15 is 0 Å². The fourth-order valence-electron chi connectivity index (χ4n) is 2.08. The number of hydrazine groups is 1. The first-order valence-electron chi connectivity index (χ1n) is 6.12. The van der Waals surface area contributed by atoms with Crippen LogP contribution in [0.4, 0.5) is 8.78 Å². The molecular weight excluding hydrogens is 282 g/mol. The zero-order valence-corrected chi connectivity index (χ0v) is 11.9. The summed E-state index contributed by atoms with van der Waals surface area (Å²) in [7, 11) is 0. The molecule has 0 aliphatic rings. The van der Waals surface area contributed by atoms with E-state index in [9.17, 15) is 8.78 Å². The summed E-state index contributed by atoms with van der Waals surface area (Å²) in [5.41, 5.74) is 4.20. The summed E-state index contributed by atoms with van der Waals surface area (Å²) < 4.78 is 28.2. The Hall–Kier alpha value is -1.49. The van der Waals surface area contributed by atoms with E-state index in [0.29, 0.717) is 16.1 Å². The Morgan fingerprint density at radius 2 is 1.75 bits per heavy atom. The fraction of sp³-hybridized carbons (Fsp3) is 0.200. The van der Waals surface area contributed by atoms with Gasteiger partial charge in [-0.05, 0) is 42.7 Å². The van der Waals surface area contributed by atoms with Gasteiger partial charge in [0.15, 0.2) is 0 Å². The van der Waals surface area contributed by atoms with Gasteiger partial charge in [-0.25, -0.2) is 14.2 Å². The molecule has 0 bridgehead atoms. The predicted octanol–water partition coefficient (Wildman–Crippen LogP) is 3.79. The molecule has 20 heavy (non-hydrogen) atoms. The smallest absolute Gasteiger partial charge is 0.134 e. The summed E-state index contributed by atoms with van der Waals surface area (Å²) in [5.74, 6) is 4.23. The Morgan fingerprint density at radius 1 is 1.10 bits per heavy atom. The van der Waals surface area contributed by atoms with Gasteiger partial charge in [0.1, 0.15) is 11.6 Å². The van der Waals surface area contributed by atoms with Crippen molar-refractivity contribution in [1.82, 2.24) is 5.43 Å². The highest BCUT2D eigenvalue weighted by atomic mass is 35.5. The van der Waals surface area contributed by atoms with Gasteiger partial charge in [-0.2, -0.15) is 0 Å². The third-order valence-electron chi connectivity index (χ3n) is 3.30. The van der Waals surface area contributed by atoms with Crippen LogP contribution < -0.4 is 11.3 Å². The fourth-order valence-corrected chi connectivity index (χ4v) is 2.27. The third kappa shape index (κ3) is 2.68. The molecule has 3 N–H and O–H groups in total. The van der Waals surface area contributed by atoms with Crippen LogP contribution in [-0.2, 0) is 0 Å². The number of halogens is 3. The minimum atomic E-state index is -0.798. The zero-order valence-electron chi connectivity index (χ0n) is 11.2. The molecule has 0 spiro atoms. The molecular formula is C15H15ClF2N2. The van der Waals surface area contributed by atoms with Crippen LogP contribution in [0.3, 0.4) is 0 Å². The van der Waals surface area contributed by atoms with Crippen LogP contribution in [0.15, 0.2) is 30.3 Å². The highest BCUT2D eigenvalue weighted by Gasteiger charge is 2.22. The largest absolute Gasteiger partial charge is 0.271 e. The standard InChI is InChI=1S/C15H15ClF2N2/c1-8-3-5-10(7-11(8)16)15(20-19)13-12(17)6-4-9(2)14(13)18/h3-7,15,20H,19H2,1-2H3. The third-order valence-corrected chi connectivity index (χ3v) is 3.71. The van der Waals surface area contributed by atoms with Gasteiger partial charge in [-0.1, -0.05) is 29.8 Å². The lowest BCUT2D eigenvalue weighted by molar-refractivity contribution is 0.506. The molecule has 2 rings (SSSR count). The first kappa shape index (κ1) is 14.9. The molecule has 2 aromatic carbocycles.